The molecule has 0 aliphatic rings. The third kappa shape index (κ3) is 3.94. The molecule has 3 heteroatoms. The Hall–Kier alpha value is -2.94. The number of rotatable bonds is 3. The Kier molecular flexibility index (Phi) is 4.66. The first-order valence-corrected chi connectivity index (χ1v) is 8.28. The molecule has 0 aliphatic carbocycles. The van der Waals surface area contributed by atoms with Crippen LogP contribution in [0.25, 0.3) is 11.3 Å². The van der Waals surface area contributed by atoms with Crippen molar-refractivity contribution in [1.82, 2.24) is 4.98 Å². The molecule has 2 aromatic carbocycles. The summed E-state index contributed by atoms with van der Waals surface area (Å²) >= 11 is 0. The van der Waals surface area contributed by atoms with E-state index in [1.165, 1.54) is 5.56 Å². The number of para-hydroxylation sites is 1. The average Bonchev–Trinajstić information content (AvgIpc) is 2.62. The molecule has 0 N–H and O–H groups in total. The maximum Gasteiger partial charge on any atom is 0.343 e. The molecule has 0 aliphatic heterocycles. The van der Waals surface area contributed by atoms with Gasteiger partial charge in [0.25, 0.3) is 0 Å². The number of benzene rings is 2. The Labute approximate surface area is 148 Å². The third-order valence-corrected chi connectivity index (χ3v) is 4.02. The summed E-state index contributed by atoms with van der Waals surface area (Å²) in [5.74, 6) is 0.134. The van der Waals surface area contributed by atoms with E-state index in [0.29, 0.717) is 11.3 Å². The van der Waals surface area contributed by atoms with Crippen molar-refractivity contribution in [1.29, 1.82) is 0 Å². The van der Waals surface area contributed by atoms with Crippen LogP contribution in [0, 0.1) is 0 Å². The smallest absolute Gasteiger partial charge is 0.343 e. The topological polar surface area (TPSA) is 39.2 Å². The molecule has 0 radical (unpaired) electrons. The molecule has 0 bridgehead atoms. The lowest BCUT2D eigenvalue weighted by Crippen LogP contribution is -2.13. The monoisotopic (exact) mass is 331 g/mol. The summed E-state index contributed by atoms with van der Waals surface area (Å²) in [5, 5.41) is 0. The summed E-state index contributed by atoms with van der Waals surface area (Å²) in [5.41, 5.74) is 3.33. The molecule has 1 aromatic heterocycles. The summed E-state index contributed by atoms with van der Waals surface area (Å²) in [6.07, 6.45) is 1.72. The van der Waals surface area contributed by atoms with E-state index in [0.717, 1.165) is 11.3 Å². The Balaban J connectivity index is 1.85. The van der Waals surface area contributed by atoms with Crippen molar-refractivity contribution in [3.63, 3.8) is 0 Å². The highest BCUT2D eigenvalue weighted by atomic mass is 16.5. The third-order valence-electron chi connectivity index (χ3n) is 4.02. The molecule has 0 atom stereocenters. The molecule has 0 fully saturated rings. The molecule has 0 amide bonds. The average molecular weight is 331 g/mol. The highest BCUT2D eigenvalue weighted by Crippen LogP contribution is 2.29. The Bertz CT molecular complexity index is 863. The van der Waals surface area contributed by atoms with Crippen LogP contribution in [0.5, 0.6) is 5.75 Å². The van der Waals surface area contributed by atoms with Gasteiger partial charge >= 0.3 is 5.97 Å². The van der Waals surface area contributed by atoms with Crippen molar-refractivity contribution >= 4 is 5.97 Å². The Morgan fingerprint density at radius 2 is 1.56 bits per heavy atom. The standard InChI is InChI=1S/C22H21NO2/c1-22(2,3)17-13-11-16(12-14-17)21(24)25-20-10-5-4-8-18(20)19-9-6-7-15-23-19/h4-15H,1-3H3. The van der Waals surface area contributed by atoms with Gasteiger partial charge in [0.1, 0.15) is 5.75 Å². The fraction of sp³-hybridized carbons (Fsp3) is 0.182. The zero-order valence-corrected chi connectivity index (χ0v) is 14.7. The minimum atomic E-state index is -0.371. The maximum absolute atomic E-state index is 12.5. The summed E-state index contributed by atoms with van der Waals surface area (Å²) in [6, 6.07) is 20.7. The highest BCUT2D eigenvalue weighted by Gasteiger charge is 2.16. The molecule has 3 aromatic rings. The highest BCUT2D eigenvalue weighted by molar-refractivity contribution is 5.92. The van der Waals surface area contributed by atoms with Crippen molar-refractivity contribution in [3.05, 3.63) is 84.1 Å². The van der Waals surface area contributed by atoms with Gasteiger partial charge in [0.15, 0.2) is 0 Å². The number of ether oxygens (including phenoxy) is 1. The quantitative estimate of drug-likeness (QED) is 0.485. The molecule has 126 valence electrons. The SMILES string of the molecule is CC(C)(C)c1ccc(C(=O)Oc2ccccc2-c2ccccn2)cc1. The number of esters is 1. The molecular weight excluding hydrogens is 310 g/mol. The fourth-order valence-electron chi connectivity index (χ4n) is 2.55. The van der Waals surface area contributed by atoms with Gasteiger partial charge in [-0.2, -0.15) is 0 Å². The van der Waals surface area contributed by atoms with Crippen LogP contribution in [0.2, 0.25) is 0 Å². The van der Waals surface area contributed by atoms with Crippen molar-refractivity contribution in [2.45, 2.75) is 26.2 Å². The second-order valence-electron chi connectivity index (χ2n) is 6.93. The number of nitrogens with zero attached hydrogens (tertiary/aromatic N) is 1. The van der Waals surface area contributed by atoms with E-state index >= 15 is 0 Å². The Morgan fingerprint density at radius 1 is 0.880 bits per heavy atom. The summed E-state index contributed by atoms with van der Waals surface area (Å²) < 4.78 is 5.63. The first-order valence-electron chi connectivity index (χ1n) is 8.28. The number of aromatic nitrogens is 1. The summed E-state index contributed by atoms with van der Waals surface area (Å²) in [4.78, 5) is 16.9. The first-order chi connectivity index (χ1) is 11.9. The minimum absolute atomic E-state index is 0.0496. The van der Waals surface area contributed by atoms with Crippen LogP contribution < -0.4 is 4.74 Å². The van der Waals surface area contributed by atoms with Crippen LogP contribution in [0.15, 0.2) is 72.9 Å². The van der Waals surface area contributed by atoms with E-state index in [4.69, 9.17) is 4.74 Å². The molecule has 0 saturated heterocycles. The number of pyridine rings is 1. The van der Waals surface area contributed by atoms with Crippen molar-refractivity contribution in [3.8, 4) is 17.0 Å². The van der Waals surface area contributed by atoms with Gasteiger partial charge in [-0.1, -0.05) is 51.1 Å². The van der Waals surface area contributed by atoms with Crippen LogP contribution in [-0.4, -0.2) is 11.0 Å². The minimum Gasteiger partial charge on any atom is -0.422 e. The van der Waals surface area contributed by atoms with Gasteiger partial charge in [-0.05, 0) is 47.4 Å². The molecule has 0 unspecified atom stereocenters. The van der Waals surface area contributed by atoms with E-state index in [-0.39, 0.29) is 11.4 Å². The van der Waals surface area contributed by atoms with Crippen LogP contribution >= 0.6 is 0 Å². The van der Waals surface area contributed by atoms with Crippen LogP contribution in [-0.2, 0) is 5.41 Å². The molecule has 0 saturated carbocycles. The fourth-order valence-corrected chi connectivity index (χ4v) is 2.55. The van der Waals surface area contributed by atoms with Gasteiger partial charge in [0.05, 0.1) is 11.3 Å². The van der Waals surface area contributed by atoms with Crippen molar-refractivity contribution in [2.24, 2.45) is 0 Å². The zero-order chi connectivity index (χ0) is 17.9. The second-order valence-corrected chi connectivity index (χ2v) is 6.93. The van der Waals surface area contributed by atoms with Gasteiger partial charge in [0, 0.05) is 11.8 Å². The summed E-state index contributed by atoms with van der Waals surface area (Å²) in [7, 11) is 0. The maximum atomic E-state index is 12.5. The van der Waals surface area contributed by atoms with Gasteiger partial charge in [-0.15, -0.1) is 0 Å². The number of carbonyl (C=O) groups is 1. The molecule has 0 spiro atoms. The predicted octanol–water partition coefficient (Wildman–Crippen LogP) is 5.27. The zero-order valence-electron chi connectivity index (χ0n) is 14.7. The van der Waals surface area contributed by atoms with Crippen LogP contribution in [0.1, 0.15) is 36.7 Å². The first kappa shape index (κ1) is 16.9. The molecule has 3 nitrogen and oxygen atoms in total. The molecule has 3 rings (SSSR count). The number of carbonyl (C=O) groups excluding carboxylic acids is 1. The van der Waals surface area contributed by atoms with Crippen LogP contribution in [0.4, 0.5) is 0 Å². The van der Waals surface area contributed by atoms with Gasteiger partial charge in [-0.25, -0.2) is 4.79 Å². The van der Waals surface area contributed by atoms with E-state index in [2.05, 4.69) is 25.8 Å². The second kappa shape index (κ2) is 6.89. The number of hydrogen-bond acceptors (Lipinski definition) is 3. The van der Waals surface area contributed by atoms with Crippen molar-refractivity contribution < 1.29 is 9.53 Å². The summed E-state index contributed by atoms with van der Waals surface area (Å²) in [6.45, 7) is 6.43. The normalized spacial score (nSPS) is 11.2. The van der Waals surface area contributed by atoms with Gasteiger partial charge < -0.3 is 4.74 Å². The number of hydrogen-bond donors (Lipinski definition) is 0. The van der Waals surface area contributed by atoms with E-state index in [9.17, 15) is 4.79 Å². The van der Waals surface area contributed by atoms with E-state index in [1.807, 2.05) is 60.7 Å². The largest absolute Gasteiger partial charge is 0.422 e. The Morgan fingerprint density at radius 3 is 2.20 bits per heavy atom. The molecular formula is C22H21NO2. The molecule has 25 heavy (non-hydrogen) atoms. The lowest BCUT2D eigenvalue weighted by atomic mass is 9.87. The lowest BCUT2D eigenvalue weighted by Gasteiger charge is -2.19. The van der Waals surface area contributed by atoms with E-state index < -0.39 is 0 Å². The van der Waals surface area contributed by atoms with Gasteiger partial charge in [-0.3, -0.25) is 4.98 Å². The predicted molar refractivity (Wildman–Crippen MR) is 99.8 cm³/mol. The van der Waals surface area contributed by atoms with Crippen molar-refractivity contribution in [2.75, 3.05) is 0 Å². The van der Waals surface area contributed by atoms with E-state index in [1.54, 1.807) is 12.3 Å². The molecule has 1 heterocycles. The van der Waals surface area contributed by atoms with Gasteiger partial charge in [0.2, 0.25) is 0 Å². The van der Waals surface area contributed by atoms with Crippen LogP contribution in [0.3, 0.4) is 0 Å². The lowest BCUT2D eigenvalue weighted by molar-refractivity contribution is 0.0735.